The lowest BCUT2D eigenvalue weighted by Crippen LogP contribution is -2.40. The van der Waals surface area contributed by atoms with Gasteiger partial charge in [0.25, 0.3) is 11.8 Å². The molecule has 3 aromatic rings. The number of hydrogen-bond acceptors (Lipinski definition) is 4. The molecule has 0 aromatic heterocycles. The molecule has 3 aromatic carbocycles. The van der Waals surface area contributed by atoms with Crippen molar-refractivity contribution in [2.24, 2.45) is 0 Å². The molecule has 0 saturated carbocycles. The lowest BCUT2D eigenvalue weighted by Gasteiger charge is -2.28. The number of benzene rings is 3. The molecule has 0 bridgehead atoms. The Morgan fingerprint density at radius 1 is 0.871 bits per heavy atom. The average Bonchev–Trinajstić information content (AvgIpc) is 2.81. The minimum absolute atomic E-state index is 0.245. The molecule has 5 heteroatoms. The molecule has 1 heterocycles. The van der Waals surface area contributed by atoms with Crippen molar-refractivity contribution in [2.75, 3.05) is 13.7 Å². The maximum atomic E-state index is 13.2. The standard InChI is InChI=1S/C26H25NO4/c1-3-4-5-6-14-27-25(29)20-9-7-8-19-18(11-12-21(24(19)20)26(27)30)22-15-17(16-28)10-13-23(22)31-2/h7-13,15-16H,3-6,14H2,1-2H3. The van der Waals surface area contributed by atoms with Gasteiger partial charge in [-0.15, -0.1) is 0 Å². The molecule has 0 saturated heterocycles. The molecule has 0 fully saturated rings. The largest absolute Gasteiger partial charge is 0.496 e. The van der Waals surface area contributed by atoms with Gasteiger partial charge in [-0.1, -0.05) is 44.4 Å². The Hall–Kier alpha value is -3.47. The molecule has 4 rings (SSSR count). The first kappa shape index (κ1) is 20.8. The Balaban J connectivity index is 1.84. The highest BCUT2D eigenvalue weighted by molar-refractivity contribution is 6.27. The van der Waals surface area contributed by atoms with Crippen LogP contribution in [0.25, 0.3) is 21.9 Å². The molecule has 0 aliphatic carbocycles. The Morgan fingerprint density at radius 3 is 2.32 bits per heavy atom. The third-order valence-electron chi connectivity index (χ3n) is 5.88. The van der Waals surface area contributed by atoms with Crippen LogP contribution < -0.4 is 4.74 Å². The molecule has 5 nitrogen and oxygen atoms in total. The summed E-state index contributed by atoms with van der Waals surface area (Å²) in [5.74, 6) is 0.132. The number of rotatable bonds is 8. The third kappa shape index (κ3) is 3.61. The fourth-order valence-electron chi connectivity index (χ4n) is 4.29. The molecular formula is C26H25NO4. The van der Waals surface area contributed by atoms with Crippen molar-refractivity contribution in [1.29, 1.82) is 0 Å². The molecule has 158 valence electrons. The molecule has 2 amide bonds. The van der Waals surface area contributed by atoms with Gasteiger partial charge in [-0.2, -0.15) is 0 Å². The molecule has 1 aliphatic rings. The van der Waals surface area contributed by atoms with Crippen molar-refractivity contribution in [3.05, 3.63) is 65.2 Å². The van der Waals surface area contributed by atoms with E-state index in [0.29, 0.717) is 34.4 Å². The highest BCUT2D eigenvalue weighted by atomic mass is 16.5. The van der Waals surface area contributed by atoms with Crippen LogP contribution in [0.5, 0.6) is 5.75 Å². The van der Waals surface area contributed by atoms with Crippen LogP contribution in [-0.2, 0) is 0 Å². The number of carbonyl (C=O) groups is 3. The molecule has 0 radical (unpaired) electrons. The van der Waals surface area contributed by atoms with Crippen LogP contribution in [0, 0.1) is 0 Å². The number of unbranched alkanes of at least 4 members (excludes halogenated alkanes) is 3. The minimum atomic E-state index is -0.245. The number of ether oxygens (including phenoxy) is 1. The number of amides is 2. The first-order chi connectivity index (χ1) is 15.1. The minimum Gasteiger partial charge on any atom is -0.496 e. The van der Waals surface area contributed by atoms with Crippen LogP contribution in [0.15, 0.2) is 48.5 Å². The van der Waals surface area contributed by atoms with Crippen LogP contribution in [0.3, 0.4) is 0 Å². The highest BCUT2D eigenvalue weighted by Crippen LogP contribution is 2.40. The molecule has 1 aliphatic heterocycles. The van der Waals surface area contributed by atoms with Crippen molar-refractivity contribution in [2.45, 2.75) is 32.6 Å². The van der Waals surface area contributed by atoms with Gasteiger partial charge in [-0.05, 0) is 47.7 Å². The van der Waals surface area contributed by atoms with Crippen LogP contribution in [0.4, 0.5) is 0 Å². The van der Waals surface area contributed by atoms with Gasteiger partial charge in [0.1, 0.15) is 12.0 Å². The summed E-state index contributed by atoms with van der Waals surface area (Å²) in [4.78, 5) is 39.1. The molecular weight excluding hydrogens is 390 g/mol. The summed E-state index contributed by atoms with van der Waals surface area (Å²) in [7, 11) is 1.58. The fourth-order valence-corrected chi connectivity index (χ4v) is 4.29. The maximum absolute atomic E-state index is 13.2. The Bertz CT molecular complexity index is 1160. The summed E-state index contributed by atoms with van der Waals surface area (Å²) in [6, 6.07) is 14.4. The Morgan fingerprint density at radius 2 is 1.61 bits per heavy atom. The number of nitrogens with zero attached hydrogens (tertiary/aromatic N) is 1. The SMILES string of the molecule is CCCCCCN1C(=O)c2cccc3c(-c4cc(C=O)ccc4OC)ccc(c23)C1=O. The zero-order valence-corrected chi connectivity index (χ0v) is 17.8. The first-order valence-corrected chi connectivity index (χ1v) is 10.7. The molecule has 0 spiro atoms. The van der Waals surface area contributed by atoms with E-state index in [4.69, 9.17) is 4.74 Å². The zero-order chi connectivity index (χ0) is 22.0. The highest BCUT2D eigenvalue weighted by Gasteiger charge is 2.33. The predicted molar refractivity (Wildman–Crippen MR) is 121 cm³/mol. The van der Waals surface area contributed by atoms with Gasteiger partial charge in [0, 0.05) is 34.2 Å². The van der Waals surface area contributed by atoms with E-state index in [1.165, 1.54) is 4.90 Å². The summed E-state index contributed by atoms with van der Waals surface area (Å²) in [6.45, 7) is 2.57. The fraction of sp³-hybridized carbons (Fsp3) is 0.269. The molecule has 0 unspecified atom stereocenters. The van der Waals surface area contributed by atoms with Gasteiger partial charge in [-0.25, -0.2) is 0 Å². The average molecular weight is 415 g/mol. The second-order valence-corrected chi connectivity index (χ2v) is 7.79. The number of hydrogen-bond donors (Lipinski definition) is 0. The smallest absolute Gasteiger partial charge is 0.261 e. The van der Waals surface area contributed by atoms with Crippen LogP contribution in [0.1, 0.15) is 63.7 Å². The number of carbonyl (C=O) groups excluding carboxylic acids is 3. The quantitative estimate of drug-likeness (QED) is 0.277. The van der Waals surface area contributed by atoms with Gasteiger partial charge in [-0.3, -0.25) is 19.3 Å². The third-order valence-corrected chi connectivity index (χ3v) is 5.88. The van der Waals surface area contributed by atoms with Gasteiger partial charge in [0.05, 0.1) is 7.11 Å². The number of aldehydes is 1. The van der Waals surface area contributed by atoms with Crippen molar-refractivity contribution < 1.29 is 19.1 Å². The Labute approximate surface area is 181 Å². The van der Waals surface area contributed by atoms with E-state index in [-0.39, 0.29) is 11.8 Å². The Kier molecular flexibility index (Phi) is 5.85. The predicted octanol–water partition coefficient (Wildman–Crippen LogP) is 5.50. The molecule has 0 N–H and O–H groups in total. The summed E-state index contributed by atoms with van der Waals surface area (Å²) in [5, 5.41) is 1.46. The normalized spacial score (nSPS) is 13.0. The van der Waals surface area contributed by atoms with Crippen LogP contribution in [-0.4, -0.2) is 36.7 Å². The van der Waals surface area contributed by atoms with E-state index in [1.807, 2.05) is 18.2 Å². The van der Waals surface area contributed by atoms with Crippen molar-refractivity contribution in [3.63, 3.8) is 0 Å². The van der Waals surface area contributed by atoms with E-state index in [0.717, 1.165) is 48.5 Å². The topological polar surface area (TPSA) is 63.7 Å². The van der Waals surface area contributed by atoms with Gasteiger partial charge < -0.3 is 4.74 Å². The zero-order valence-electron chi connectivity index (χ0n) is 17.8. The summed E-state index contributed by atoms with van der Waals surface area (Å²) < 4.78 is 5.51. The lowest BCUT2D eigenvalue weighted by molar-refractivity contribution is 0.0607. The summed E-state index contributed by atoms with van der Waals surface area (Å²) >= 11 is 0. The van der Waals surface area contributed by atoms with Gasteiger partial charge in [0.15, 0.2) is 0 Å². The maximum Gasteiger partial charge on any atom is 0.261 e. The van der Waals surface area contributed by atoms with E-state index >= 15 is 0 Å². The summed E-state index contributed by atoms with van der Waals surface area (Å²) in [6.07, 6.45) is 4.79. The molecule has 31 heavy (non-hydrogen) atoms. The lowest BCUT2D eigenvalue weighted by atomic mass is 9.88. The van der Waals surface area contributed by atoms with Gasteiger partial charge >= 0.3 is 0 Å². The second-order valence-electron chi connectivity index (χ2n) is 7.79. The first-order valence-electron chi connectivity index (χ1n) is 10.7. The monoisotopic (exact) mass is 415 g/mol. The van der Waals surface area contributed by atoms with E-state index in [9.17, 15) is 14.4 Å². The second kappa shape index (κ2) is 8.72. The number of methoxy groups -OCH3 is 1. The van der Waals surface area contributed by atoms with Crippen molar-refractivity contribution in [1.82, 2.24) is 4.90 Å². The van der Waals surface area contributed by atoms with Crippen LogP contribution >= 0.6 is 0 Å². The number of imide groups is 1. The van der Waals surface area contributed by atoms with E-state index in [1.54, 1.807) is 37.4 Å². The van der Waals surface area contributed by atoms with Gasteiger partial charge in [0.2, 0.25) is 0 Å². The van der Waals surface area contributed by atoms with Crippen LogP contribution in [0.2, 0.25) is 0 Å². The van der Waals surface area contributed by atoms with E-state index < -0.39 is 0 Å². The molecule has 0 atom stereocenters. The van der Waals surface area contributed by atoms with Crippen molar-refractivity contribution in [3.8, 4) is 16.9 Å². The van der Waals surface area contributed by atoms with E-state index in [2.05, 4.69) is 6.92 Å². The summed E-state index contributed by atoms with van der Waals surface area (Å²) in [5.41, 5.74) is 3.17. The van der Waals surface area contributed by atoms with Crippen molar-refractivity contribution >= 4 is 28.9 Å².